The zero-order valence-electron chi connectivity index (χ0n) is 14.3. The number of benzene rings is 1. The SMILES string of the molecule is COC(=O)Cn1cc(CNC(=O)c2cc3c(C)cc(C)cc3[nH]2)nn1. The van der Waals surface area contributed by atoms with E-state index in [4.69, 9.17) is 0 Å². The van der Waals surface area contributed by atoms with E-state index in [0.29, 0.717) is 11.4 Å². The number of hydrogen-bond donors (Lipinski definition) is 2. The van der Waals surface area contributed by atoms with Gasteiger partial charge >= 0.3 is 5.97 Å². The topological polar surface area (TPSA) is 102 Å². The Hall–Kier alpha value is -3.16. The molecule has 8 nitrogen and oxygen atoms in total. The predicted molar refractivity (Wildman–Crippen MR) is 91.0 cm³/mol. The van der Waals surface area contributed by atoms with Gasteiger partial charge < -0.3 is 15.0 Å². The van der Waals surface area contributed by atoms with E-state index in [1.54, 1.807) is 6.20 Å². The first-order valence-electron chi connectivity index (χ1n) is 7.80. The normalized spacial score (nSPS) is 10.8. The molecule has 0 aliphatic rings. The van der Waals surface area contributed by atoms with Crippen molar-refractivity contribution in [2.24, 2.45) is 0 Å². The Labute approximate surface area is 144 Å². The zero-order valence-corrected chi connectivity index (χ0v) is 14.3. The van der Waals surface area contributed by atoms with Crippen molar-refractivity contribution in [2.45, 2.75) is 26.9 Å². The molecule has 0 aliphatic heterocycles. The second-order valence-electron chi connectivity index (χ2n) is 5.89. The molecule has 2 heterocycles. The largest absolute Gasteiger partial charge is 0.468 e. The summed E-state index contributed by atoms with van der Waals surface area (Å²) in [5.74, 6) is -0.639. The summed E-state index contributed by atoms with van der Waals surface area (Å²) in [7, 11) is 1.31. The molecule has 3 aromatic rings. The summed E-state index contributed by atoms with van der Waals surface area (Å²) in [4.78, 5) is 26.7. The van der Waals surface area contributed by atoms with Crippen molar-refractivity contribution in [2.75, 3.05) is 7.11 Å². The highest BCUT2D eigenvalue weighted by Crippen LogP contribution is 2.21. The molecule has 8 heteroatoms. The molecule has 0 aliphatic carbocycles. The van der Waals surface area contributed by atoms with E-state index < -0.39 is 5.97 Å². The standard InChI is InChI=1S/C17H19N5O3/c1-10-4-11(2)13-6-15(19-14(13)5-10)17(24)18-7-12-8-22(21-20-12)9-16(23)25-3/h4-6,8,19H,7,9H2,1-3H3,(H,18,24). The lowest BCUT2D eigenvalue weighted by Gasteiger charge is -2.00. The molecule has 0 radical (unpaired) electrons. The fourth-order valence-electron chi connectivity index (χ4n) is 2.68. The van der Waals surface area contributed by atoms with E-state index in [9.17, 15) is 9.59 Å². The van der Waals surface area contributed by atoms with Gasteiger partial charge in [0.15, 0.2) is 0 Å². The Morgan fingerprint density at radius 3 is 2.84 bits per heavy atom. The van der Waals surface area contributed by atoms with Crippen LogP contribution in [0.1, 0.15) is 27.3 Å². The van der Waals surface area contributed by atoms with Crippen molar-refractivity contribution < 1.29 is 14.3 Å². The number of amides is 1. The average molecular weight is 341 g/mol. The van der Waals surface area contributed by atoms with Crippen LogP contribution in [0.15, 0.2) is 24.4 Å². The molecule has 1 aromatic carbocycles. The Morgan fingerprint density at radius 2 is 2.08 bits per heavy atom. The summed E-state index contributed by atoms with van der Waals surface area (Å²) in [6, 6.07) is 5.93. The molecule has 2 N–H and O–H groups in total. The van der Waals surface area contributed by atoms with E-state index in [1.807, 2.05) is 26.0 Å². The number of aromatic amines is 1. The van der Waals surface area contributed by atoms with E-state index >= 15 is 0 Å². The highest BCUT2D eigenvalue weighted by molar-refractivity contribution is 5.98. The number of hydrogen-bond acceptors (Lipinski definition) is 5. The van der Waals surface area contributed by atoms with Crippen LogP contribution < -0.4 is 5.32 Å². The average Bonchev–Trinajstić information content (AvgIpc) is 3.19. The number of H-pyrrole nitrogens is 1. The van der Waals surface area contributed by atoms with Crippen LogP contribution in [0, 0.1) is 13.8 Å². The molecule has 25 heavy (non-hydrogen) atoms. The number of ether oxygens (including phenoxy) is 1. The Morgan fingerprint density at radius 1 is 1.28 bits per heavy atom. The smallest absolute Gasteiger partial charge is 0.327 e. The third-order valence-corrected chi connectivity index (χ3v) is 3.87. The highest BCUT2D eigenvalue weighted by atomic mass is 16.5. The summed E-state index contributed by atoms with van der Waals surface area (Å²) in [5, 5.41) is 11.6. The molecule has 0 bridgehead atoms. The second-order valence-corrected chi connectivity index (χ2v) is 5.89. The molecule has 3 rings (SSSR count). The Kier molecular flexibility index (Phi) is 4.51. The van der Waals surface area contributed by atoms with Crippen LogP contribution in [0.5, 0.6) is 0 Å². The fourth-order valence-corrected chi connectivity index (χ4v) is 2.68. The van der Waals surface area contributed by atoms with Crippen molar-refractivity contribution in [3.05, 3.63) is 46.9 Å². The van der Waals surface area contributed by atoms with Crippen LogP contribution in [0.4, 0.5) is 0 Å². The van der Waals surface area contributed by atoms with Crippen molar-refractivity contribution in [3.63, 3.8) is 0 Å². The van der Waals surface area contributed by atoms with Crippen molar-refractivity contribution >= 4 is 22.8 Å². The van der Waals surface area contributed by atoms with Crippen molar-refractivity contribution in [3.8, 4) is 0 Å². The van der Waals surface area contributed by atoms with Gasteiger partial charge in [-0.2, -0.15) is 0 Å². The number of rotatable bonds is 5. The van der Waals surface area contributed by atoms with E-state index in [-0.39, 0.29) is 19.0 Å². The molecular formula is C17H19N5O3. The molecular weight excluding hydrogens is 322 g/mol. The van der Waals surface area contributed by atoms with Crippen LogP contribution in [-0.2, 0) is 22.6 Å². The number of esters is 1. The maximum absolute atomic E-state index is 12.3. The number of aryl methyl sites for hydroxylation is 2. The van der Waals surface area contributed by atoms with Gasteiger partial charge in [-0.3, -0.25) is 9.59 Å². The van der Waals surface area contributed by atoms with Gasteiger partial charge in [-0.25, -0.2) is 4.68 Å². The van der Waals surface area contributed by atoms with Gasteiger partial charge in [0.1, 0.15) is 17.9 Å². The van der Waals surface area contributed by atoms with Crippen LogP contribution in [0.2, 0.25) is 0 Å². The van der Waals surface area contributed by atoms with Crippen LogP contribution in [0.25, 0.3) is 10.9 Å². The summed E-state index contributed by atoms with van der Waals surface area (Å²) in [6.45, 7) is 4.24. The number of aromatic nitrogens is 4. The first kappa shape index (κ1) is 16.7. The van der Waals surface area contributed by atoms with Gasteiger partial charge in [0.25, 0.3) is 5.91 Å². The van der Waals surface area contributed by atoms with Gasteiger partial charge in [-0.15, -0.1) is 5.10 Å². The highest BCUT2D eigenvalue weighted by Gasteiger charge is 2.12. The third-order valence-electron chi connectivity index (χ3n) is 3.87. The summed E-state index contributed by atoms with van der Waals surface area (Å²) >= 11 is 0. The minimum atomic E-state index is -0.413. The quantitative estimate of drug-likeness (QED) is 0.685. The monoisotopic (exact) mass is 341 g/mol. The number of carbonyl (C=O) groups is 2. The minimum absolute atomic E-state index is 0.0158. The van der Waals surface area contributed by atoms with E-state index in [1.165, 1.54) is 11.8 Å². The lowest BCUT2D eigenvalue weighted by Crippen LogP contribution is -2.23. The fraction of sp³-hybridized carbons (Fsp3) is 0.294. The molecule has 0 saturated heterocycles. The molecule has 0 atom stereocenters. The maximum atomic E-state index is 12.3. The lowest BCUT2D eigenvalue weighted by molar-refractivity contribution is -0.141. The summed E-state index contributed by atoms with van der Waals surface area (Å²) < 4.78 is 5.93. The first-order valence-corrected chi connectivity index (χ1v) is 7.80. The second kappa shape index (κ2) is 6.76. The Balaban J connectivity index is 1.67. The molecule has 1 amide bonds. The molecule has 130 valence electrons. The molecule has 0 spiro atoms. The van der Waals surface area contributed by atoms with Gasteiger partial charge in [0, 0.05) is 10.9 Å². The summed E-state index contributed by atoms with van der Waals surface area (Å²) in [6.07, 6.45) is 1.59. The number of nitrogens with one attached hydrogen (secondary N) is 2. The number of fused-ring (bicyclic) bond motifs is 1. The van der Waals surface area contributed by atoms with Gasteiger partial charge in [-0.05, 0) is 37.1 Å². The maximum Gasteiger partial charge on any atom is 0.327 e. The zero-order chi connectivity index (χ0) is 18.0. The molecule has 2 aromatic heterocycles. The third kappa shape index (κ3) is 3.68. The van der Waals surface area contributed by atoms with Gasteiger partial charge in [0.05, 0.1) is 19.9 Å². The van der Waals surface area contributed by atoms with Crippen LogP contribution in [-0.4, -0.2) is 39.0 Å². The van der Waals surface area contributed by atoms with Crippen molar-refractivity contribution in [1.29, 1.82) is 0 Å². The van der Waals surface area contributed by atoms with Crippen molar-refractivity contribution in [1.82, 2.24) is 25.3 Å². The number of methoxy groups -OCH3 is 1. The molecule has 0 unspecified atom stereocenters. The first-order chi connectivity index (χ1) is 12.0. The minimum Gasteiger partial charge on any atom is -0.468 e. The van der Waals surface area contributed by atoms with Crippen LogP contribution >= 0.6 is 0 Å². The molecule has 0 saturated carbocycles. The summed E-state index contributed by atoms with van der Waals surface area (Å²) in [5.41, 5.74) is 4.25. The van der Waals surface area contributed by atoms with Gasteiger partial charge in [0.2, 0.25) is 0 Å². The number of carbonyl (C=O) groups excluding carboxylic acids is 2. The lowest BCUT2D eigenvalue weighted by atomic mass is 10.1. The van der Waals surface area contributed by atoms with E-state index in [2.05, 4.69) is 31.4 Å². The molecule has 0 fully saturated rings. The number of nitrogens with zero attached hydrogens (tertiary/aromatic N) is 3. The van der Waals surface area contributed by atoms with Crippen LogP contribution in [0.3, 0.4) is 0 Å². The van der Waals surface area contributed by atoms with E-state index in [0.717, 1.165) is 22.0 Å². The predicted octanol–water partition coefficient (Wildman–Crippen LogP) is 1.48. The Bertz CT molecular complexity index is 941. The van der Waals surface area contributed by atoms with Gasteiger partial charge in [-0.1, -0.05) is 11.3 Å².